The van der Waals surface area contributed by atoms with Crippen LogP contribution in [0.15, 0.2) is 35.1 Å². The van der Waals surface area contributed by atoms with Crippen LogP contribution in [0, 0.1) is 0 Å². The Morgan fingerprint density at radius 2 is 1.95 bits per heavy atom. The molecule has 0 unspecified atom stereocenters. The first-order valence-electron chi connectivity index (χ1n) is 6.87. The Labute approximate surface area is 114 Å². The predicted molar refractivity (Wildman–Crippen MR) is 73.6 cm³/mol. The van der Waals surface area contributed by atoms with Crippen molar-refractivity contribution in [1.29, 1.82) is 0 Å². The molecule has 2 aliphatic rings. The van der Waals surface area contributed by atoms with Gasteiger partial charge in [-0.05, 0) is 44.9 Å². The van der Waals surface area contributed by atoms with E-state index in [4.69, 9.17) is 4.74 Å². The van der Waals surface area contributed by atoms with Crippen LogP contribution in [0.2, 0.25) is 0 Å². The summed E-state index contributed by atoms with van der Waals surface area (Å²) in [5.41, 5.74) is 0.451. The minimum absolute atomic E-state index is 0.118. The number of ether oxygens (including phenoxy) is 1. The number of unbranched alkanes of at least 4 members (excludes halogenated alkanes) is 2. The molecular weight excluding hydrogens is 240 g/mol. The second-order valence-corrected chi connectivity index (χ2v) is 5.60. The summed E-state index contributed by atoms with van der Waals surface area (Å²) in [6, 6.07) is 0. The summed E-state index contributed by atoms with van der Waals surface area (Å²) >= 11 is 0. The summed E-state index contributed by atoms with van der Waals surface area (Å²) in [5.74, 6) is -0.0116. The highest BCUT2D eigenvalue weighted by molar-refractivity contribution is 6.23. The van der Waals surface area contributed by atoms with E-state index >= 15 is 0 Å². The third-order valence-electron chi connectivity index (χ3n) is 3.38. The van der Waals surface area contributed by atoms with Crippen molar-refractivity contribution in [3.8, 4) is 0 Å². The van der Waals surface area contributed by atoms with E-state index in [0.717, 1.165) is 19.3 Å². The molecule has 0 N–H and O–H groups in total. The first-order chi connectivity index (χ1) is 8.94. The van der Waals surface area contributed by atoms with Crippen LogP contribution in [0.25, 0.3) is 0 Å². The van der Waals surface area contributed by atoms with Crippen molar-refractivity contribution in [2.45, 2.75) is 52.1 Å². The third-order valence-corrected chi connectivity index (χ3v) is 3.38. The largest absolute Gasteiger partial charge is 0.479 e. The normalized spacial score (nSPS) is 21.1. The average molecular weight is 260 g/mol. The molecule has 0 saturated heterocycles. The monoisotopic (exact) mass is 260 g/mol. The van der Waals surface area contributed by atoms with Crippen LogP contribution in [0.1, 0.15) is 46.5 Å². The third kappa shape index (κ3) is 2.86. The van der Waals surface area contributed by atoms with Crippen LogP contribution in [0.3, 0.4) is 0 Å². The van der Waals surface area contributed by atoms with Crippen molar-refractivity contribution in [3.63, 3.8) is 0 Å². The number of hydrogen-bond donors (Lipinski definition) is 0. The maximum absolute atomic E-state index is 12.3. The molecule has 0 atom stereocenters. The van der Waals surface area contributed by atoms with Gasteiger partial charge in [0.15, 0.2) is 11.5 Å². The number of allylic oxidation sites excluding steroid dienone is 4. The molecule has 3 nitrogen and oxygen atoms in total. The highest BCUT2D eigenvalue weighted by Gasteiger charge is 2.34. The zero-order valence-electron chi connectivity index (χ0n) is 11.8. The van der Waals surface area contributed by atoms with Crippen molar-refractivity contribution in [2.24, 2.45) is 0 Å². The second-order valence-electron chi connectivity index (χ2n) is 5.60. The zero-order chi connectivity index (χ0) is 14.0. The van der Waals surface area contributed by atoms with Crippen LogP contribution in [-0.2, 0) is 14.3 Å². The van der Waals surface area contributed by atoms with E-state index in [9.17, 15) is 9.59 Å². The van der Waals surface area contributed by atoms with Gasteiger partial charge >= 0.3 is 0 Å². The Balaban J connectivity index is 2.20. The molecule has 1 aliphatic heterocycles. The smallest absolute Gasteiger partial charge is 0.224 e. The van der Waals surface area contributed by atoms with Gasteiger partial charge in [-0.1, -0.05) is 19.8 Å². The van der Waals surface area contributed by atoms with Gasteiger partial charge in [0.1, 0.15) is 5.60 Å². The molecule has 3 heteroatoms. The summed E-state index contributed by atoms with van der Waals surface area (Å²) in [7, 11) is 0. The molecular formula is C16H20O3. The Kier molecular flexibility index (Phi) is 3.74. The van der Waals surface area contributed by atoms with Crippen molar-refractivity contribution >= 4 is 11.6 Å². The van der Waals surface area contributed by atoms with Gasteiger partial charge in [-0.15, -0.1) is 0 Å². The van der Waals surface area contributed by atoms with Gasteiger partial charge in [-0.25, -0.2) is 0 Å². The quantitative estimate of drug-likeness (QED) is 0.575. The number of rotatable bonds is 4. The topological polar surface area (TPSA) is 43.4 Å². The van der Waals surface area contributed by atoms with Gasteiger partial charge in [0.25, 0.3) is 0 Å². The summed E-state index contributed by atoms with van der Waals surface area (Å²) in [6.07, 6.45) is 8.74. The van der Waals surface area contributed by atoms with Gasteiger partial charge in [0.05, 0.1) is 5.57 Å². The molecule has 1 heterocycles. The lowest BCUT2D eigenvalue weighted by atomic mass is 9.89. The molecule has 0 bridgehead atoms. The van der Waals surface area contributed by atoms with Gasteiger partial charge in [0.2, 0.25) is 5.78 Å². The van der Waals surface area contributed by atoms with E-state index in [-0.39, 0.29) is 17.3 Å². The summed E-state index contributed by atoms with van der Waals surface area (Å²) in [5, 5.41) is 0. The van der Waals surface area contributed by atoms with E-state index < -0.39 is 5.60 Å². The highest BCUT2D eigenvalue weighted by atomic mass is 16.5. The van der Waals surface area contributed by atoms with Crippen molar-refractivity contribution in [2.75, 3.05) is 0 Å². The van der Waals surface area contributed by atoms with Crippen LogP contribution in [0.4, 0.5) is 0 Å². The van der Waals surface area contributed by atoms with E-state index in [2.05, 4.69) is 6.92 Å². The lowest BCUT2D eigenvalue weighted by Crippen LogP contribution is -2.31. The van der Waals surface area contributed by atoms with E-state index in [1.807, 2.05) is 19.9 Å². The second kappa shape index (κ2) is 5.16. The van der Waals surface area contributed by atoms with Gasteiger partial charge in [-0.2, -0.15) is 0 Å². The molecule has 0 aromatic rings. The van der Waals surface area contributed by atoms with Crippen molar-refractivity contribution in [1.82, 2.24) is 0 Å². The molecule has 19 heavy (non-hydrogen) atoms. The molecule has 1 aliphatic carbocycles. The highest BCUT2D eigenvalue weighted by Crippen LogP contribution is 2.32. The Morgan fingerprint density at radius 1 is 1.21 bits per heavy atom. The van der Waals surface area contributed by atoms with Crippen LogP contribution >= 0.6 is 0 Å². The molecule has 0 aromatic carbocycles. The molecule has 0 saturated carbocycles. The van der Waals surface area contributed by atoms with Crippen molar-refractivity contribution in [3.05, 3.63) is 35.1 Å². The van der Waals surface area contributed by atoms with Gasteiger partial charge < -0.3 is 4.74 Å². The first-order valence-corrected chi connectivity index (χ1v) is 6.87. The maximum Gasteiger partial charge on any atom is 0.224 e. The first kappa shape index (κ1) is 13.8. The lowest BCUT2D eigenvalue weighted by Gasteiger charge is -2.30. The van der Waals surface area contributed by atoms with Gasteiger partial charge in [0, 0.05) is 5.57 Å². The zero-order valence-corrected chi connectivity index (χ0v) is 11.8. The minimum Gasteiger partial charge on any atom is -0.479 e. The number of carbonyl (C=O) groups excluding carboxylic acids is 2. The Morgan fingerprint density at radius 3 is 2.63 bits per heavy atom. The molecule has 0 spiro atoms. The van der Waals surface area contributed by atoms with E-state index in [1.54, 1.807) is 6.08 Å². The number of hydrogen-bond acceptors (Lipinski definition) is 3. The lowest BCUT2D eigenvalue weighted by molar-refractivity contribution is -0.120. The molecule has 0 amide bonds. The van der Waals surface area contributed by atoms with Crippen LogP contribution in [-0.4, -0.2) is 17.2 Å². The fourth-order valence-electron chi connectivity index (χ4n) is 2.27. The van der Waals surface area contributed by atoms with Crippen LogP contribution in [0.5, 0.6) is 0 Å². The summed E-state index contributed by atoms with van der Waals surface area (Å²) in [4.78, 5) is 24.4. The predicted octanol–water partition coefficient (Wildman–Crippen LogP) is 3.26. The standard InChI is InChI=1S/C16H20O3/c1-4-5-6-7-11-10-13(17)12-8-9-16(2,3)19-15(12)14(11)18/h8-10H,4-7H2,1-3H3. The molecule has 0 aromatic heterocycles. The SMILES string of the molecule is CCCCCC1=CC(=O)C2=C(OC(C)(C)C=C2)C1=O. The fraction of sp³-hybridized carbons (Fsp3) is 0.500. The number of carbonyl (C=O) groups is 2. The van der Waals surface area contributed by atoms with Gasteiger partial charge in [-0.3, -0.25) is 9.59 Å². The average Bonchev–Trinajstić information content (AvgIpc) is 2.34. The van der Waals surface area contributed by atoms with Crippen LogP contribution < -0.4 is 0 Å². The number of Topliss-reactive ketones (excluding diaryl/α,β-unsaturated/α-hetero) is 1. The molecule has 102 valence electrons. The Bertz CT molecular complexity index is 504. The maximum atomic E-state index is 12.3. The fourth-order valence-corrected chi connectivity index (χ4v) is 2.27. The van der Waals surface area contributed by atoms with E-state index in [0.29, 0.717) is 17.6 Å². The minimum atomic E-state index is -0.527. The Hall–Kier alpha value is -1.64. The molecule has 0 fully saturated rings. The van der Waals surface area contributed by atoms with E-state index in [1.165, 1.54) is 6.08 Å². The summed E-state index contributed by atoms with van der Waals surface area (Å²) in [6.45, 7) is 5.86. The number of ketones is 2. The summed E-state index contributed by atoms with van der Waals surface area (Å²) < 4.78 is 5.68. The van der Waals surface area contributed by atoms with Crippen molar-refractivity contribution < 1.29 is 14.3 Å². The molecule has 0 radical (unpaired) electrons. The molecule has 2 rings (SSSR count).